The molecule has 1 aromatic rings. The summed E-state index contributed by atoms with van der Waals surface area (Å²) in [6, 6.07) is 5.79. The van der Waals surface area contributed by atoms with Gasteiger partial charge in [0.2, 0.25) is 5.91 Å². The number of likely N-dealkylation sites (N-methyl/N-ethyl adjacent to an activating group) is 1. The fraction of sp³-hybridized carbons (Fsp3) is 0.412. The van der Waals surface area contributed by atoms with Gasteiger partial charge in [-0.3, -0.25) is 19.5 Å². The molecular formula is C17H23N4O2S+. The van der Waals surface area contributed by atoms with Crippen LogP contribution in [0.25, 0.3) is 0 Å². The maximum Gasteiger partial charge on any atom is 0.251 e. The number of aliphatic imine (C=N–C) groups is 1. The Morgan fingerprint density at radius 1 is 1.33 bits per heavy atom. The summed E-state index contributed by atoms with van der Waals surface area (Å²) < 4.78 is 0. The van der Waals surface area contributed by atoms with Crippen molar-refractivity contribution in [2.75, 3.05) is 32.1 Å². The van der Waals surface area contributed by atoms with Gasteiger partial charge in [-0.25, -0.2) is 0 Å². The molecule has 0 radical (unpaired) electrons. The normalized spacial score (nSPS) is 18.6. The Labute approximate surface area is 147 Å². The van der Waals surface area contributed by atoms with Crippen LogP contribution in [0.1, 0.15) is 11.1 Å². The molecule has 2 amide bonds. The number of quaternary nitrogens is 1. The lowest BCUT2D eigenvalue weighted by atomic mass is 10.0. The second kappa shape index (κ2) is 7.63. The first-order valence-electron chi connectivity index (χ1n) is 7.86. The topological polar surface area (TPSA) is 66.2 Å². The van der Waals surface area contributed by atoms with Crippen LogP contribution in [-0.2, 0) is 9.59 Å². The Bertz CT molecular complexity index is 700. The summed E-state index contributed by atoms with van der Waals surface area (Å²) in [7, 11) is 4.04. The molecule has 0 aromatic heterocycles. The molecule has 2 rings (SSSR count). The van der Waals surface area contributed by atoms with Crippen molar-refractivity contribution in [2.45, 2.75) is 13.8 Å². The van der Waals surface area contributed by atoms with E-state index in [1.807, 2.05) is 46.1 Å². The quantitative estimate of drug-likeness (QED) is 0.443. The Kier molecular flexibility index (Phi) is 5.80. The maximum absolute atomic E-state index is 12.8. The molecule has 1 aliphatic heterocycles. The minimum absolute atomic E-state index is 0.112. The van der Waals surface area contributed by atoms with Crippen LogP contribution in [-0.4, -0.2) is 50.3 Å². The van der Waals surface area contributed by atoms with E-state index < -0.39 is 11.8 Å². The van der Waals surface area contributed by atoms with Crippen LogP contribution >= 0.6 is 12.2 Å². The summed E-state index contributed by atoms with van der Waals surface area (Å²) in [6.07, 6.45) is 1.43. The van der Waals surface area contributed by atoms with E-state index in [2.05, 4.69) is 10.3 Å². The number of benzene rings is 1. The second-order valence-corrected chi connectivity index (χ2v) is 6.63. The number of nitrogens with zero attached hydrogens (tertiary/aromatic N) is 2. The number of carbonyl (C=O) groups excluding carboxylic acids is 2. The number of thiocarbonyl (C=S) groups is 1. The minimum Gasteiger partial charge on any atom is -0.338 e. The van der Waals surface area contributed by atoms with Gasteiger partial charge in [0.1, 0.15) is 0 Å². The summed E-state index contributed by atoms with van der Waals surface area (Å²) in [4.78, 5) is 31.8. The molecule has 6 nitrogen and oxygen atoms in total. The van der Waals surface area contributed by atoms with Gasteiger partial charge in [0.05, 0.1) is 32.9 Å². The molecule has 1 aromatic carbocycles. The number of rotatable bonds is 5. The predicted octanol–water partition coefficient (Wildman–Crippen LogP) is -0.117. The number of amides is 2. The summed E-state index contributed by atoms with van der Waals surface area (Å²) in [5, 5.41) is 2.72. The van der Waals surface area contributed by atoms with Crippen LogP contribution in [0.5, 0.6) is 0 Å². The third kappa shape index (κ3) is 4.04. The average Bonchev–Trinajstić information content (AvgIpc) is 2.49. The van der Waals surface area contributed by atoms with Crippen molar-refractivity contribution in [3.8, 4) is 0 Å². The molecule has 7 heteroatoms. The third-order valence-electron chi connectivity index (χ3n) is 3.80. The lowest BCUT2D eigenvalue weighted by molar-refractivity contribution is -0.856. The number of aryl methyl sites for hydroxylation is 2. The highest BCUT2D eigenvalue weighted by molar-refractivity contribution is 7.80. The van der Waals surface area contributed by atoms with Crippen molar-refractivity contribution in [3.05, 3.63) is 29.3 Å². The van der Waals surface area contributed by atoms with E-state index in [9.17, 15) is 9.59 Å². The number of hydrogen-bond acceptors (Lipinski definition) is 4. The zero-order chi connectivity index (χ0) is 17.9. The Balaban J connectivity index is 2.26. The molecule has 24 heavy (non-hydrogen) atoms. The summed E-state index contributed by atoms with van der Waals surface area (Å²) in [5.41, 5.74) is 2.63. The molecule has 1 saturated heterocycles. The number of hydrogen-bond donors (Lipinski definition) is 2. The number of nitrogens with one attached hydrogen (secondary N) is 2. The van der Waals surface area contributed by atoms with E-state index in [1.54, 1.807) is 0 Å². The average molecular weight is 347 g/mol. The van der Waals surface area contributed by atoms with Gasteiger partial charge in [-0.05, 0) is 43.3 Å². The van der Waals surface area contributed by atoms with E-state index in [1.165, 1.54) is 16.0 Å². The van der Waals surface area contributed by atoms with Crippen molar-refractivity contribution in [1.82, 2.24) is 5.32 Å². The van der Waals surface area contributed by atoms with E-state index in [-0.39, 0.29) is 11.0 Å². The fourth-order valence-electron chi connectivity index (χ4n) is 2.38. The van der Waals surface area contributed by atoms with Crippen molar-refractivity contribution >= 4 is 41.0 Å². The van der Waals surface area contributed by atoms with Crippen molar-refractivity contribution in [1.29, 1.82) is 0 Å². The van der Waals surface area contributed by atoms with Gasteiger partial charge in [-0.2, -0.15) is 0 Å². The first-order valence-corrected chi connectivity index (χ1v) is 8.27. The van der Waals surface area contributed by atoms with Crippen LogP contribution in [0.2, 0.25) is 0 Å². The number of carbonyl (C=O) groups is 2. The smallest absolute Gasteiger partial charge is 0.251 e. The van der Waals surface area contributed by atoms with E-state index >= 15 is 0 Å². The van der Waals surface area contributed by atoms with E-state index in [0.29, 0.717) is 12.2 Å². The van der Waals surface area contributed by atoms with Gasteiger partial charge in [0, 0.05) is 6.21 Å². The lowest BCUT2D eigenvalue weighted by Crippen LogP contribution is -3.06. The van der Waals surface area contributed by atoms with Crippen LogP contribution in [0.4, 0.5) is 5.69 Å². The highest BCUT2D eigenvalue weighted by Crippen LogP contribution is 2.25. The largest absolute Gasteiger partial charge is 0.338 e. The molecular weight excluding hydrogens is 324 g/mol. The zero-order valence-corrected chi connectivity index (χ0v) is 15.2. The van der Waals surface area contributed by atoms with Crippen molar-refractivity contribution < 1.29 is 14.5 Å². The van der Waals surface area contributed by atoms with Gasteiger partial charge in [-0.15, -0.1) is 0 Å². The summed E-state index contributed by atoms with van der Waals surface area (Å²) in [5.74, 6) is -1.74. The second-order valence-electron chi connectivity index (χ2n) is 6.25. The molecule has 1 atom stereocenters. The van der Waals surface area contributed by atoms with Crippen LogP contribution < -0.4 is 15.1 Å². The van der Waals surface area contributed by atoms with Gasteiger partial charge < -0.3 is 10.2 Å². The van der Waals surface area contributed by atoms with Gasteiger partial charge >= 0.3 is 0 Å². The van der Waals surface area contributed by atoms with Crippen LogP contribution in [0.3, 0.4) is 0 Å². The predicted molar refractivity (Wildman–Crippen MR) is 98.7 cm³/mol. The zero-order valence-electron chi connectivity index (χ0n) is 14.4. The summed E-state index contributed by atoms with van der Waals surface area (Å²) in [6.45, 7) is 5.25. The van der Waals surface area contributed by atoms with Crippen molar-refractivity contribution in [2.24, 2.45) is 10.9 Å². The van der Waals surface area contributed by atoms with Gasteiger partial charge in [-0.1, -0.05) is 12.1 Å². The third-order valence-corrected chi connectivity index (χ3v) is 4.09. The summed E-state index contributed by atoms with van der Waals surface area (Å²) >= 11 is 5.21. The highest BCUT2D eigenvalue weighted by Gasteiger charge is 2.38. The SMILES string of the molecule is Cc1ccc(C)c(N2C(=O)[C@H](C=NCC[NH+](C)C)C(=O)NC2=S)c1. The highest BCUT2D eigenvalue weighted by atomic mass is 32.1. The molecule has 0 unspecified atom stereocenters. The van der Waals surface area contributed by atoms with E-state index in [4.69, 9.17) is 12.2 Å². The molecule has 0 aliphatic carbocycles. The van der Waals surface area contributed by atoms with E-state index in [0.717, 1.165) is 17.7 Å². The molecule has 1 fully saturated rings. The standard InChI is InChI=1S/C17H22N4O2S/c1-11-5-6-12(2)14(9-11)21-16(23)13(15(22)19-17(21)24)10-18-7-8-20(3)4/h5-6,9-10,13H,7-8H2,1-4H3,(H,19,22,24)/p+1/t13-/m1/s1. The monoisotopic (exact) mass is 347 g/mol. The van der Waals surface area contributed by atoms with Gasteiger partial charge in [0.25, 0.3) is 5.91 Å². The molecule has 1 aliphatic rings. The molecule has 0 saturated carbocycles. The van der Waals surface area contributed by atoms with Crippen molar-refractivity contribution in [3.63, 3.8) is 0 Å². The first kappa shape index (κ1) is 18.2. The Morgan fingerprint density at radius 3 is 2.71 bits per heavy atom. The van der Waals surface area contributed by atoms with Gasteiger partial charge in [0.15, 0.2) is 11.0 Å². The number of anilines is 1. The Hall–Kier alpha value is -2.12. The lowest BCUT2D eigenvalue weighted by Gasteiger charge is -2.32. The maximum atomic E-state index is 12.8. The molecule has 0 spiro atoms. The molecule has 0 bridgehead atoms. The fourth-order valence-corrected chi connectivity index (χ4v) is 2.67. The Morgan fingerprint density at radius 2 is 2.04 bits per heavy atom. The molecule has 128 valence electrons. The van der Waals surface area contributed by atoms with Crippen LogP contribution in [0.15, 0.2) is 23.2 Å². The first-order chi connectivity index (χ1) is 11.3. The van der Waals surface area contributed by atoms with Crippen LogP contribution in [0, 0.1) is 19.8 Å². The minimum atomic E-state index is -0.950. The molecule has 2 N–H and O–H groups in total. The molecule has 1 heterocycles.